The number of benzene rings is 2. The van der Waals surface area contributed by atoms with E-state index in [-0.39, 0.29) is 18.5 Å². The van der Waals surface area contributed by atoms with Gasteiger partial charge in [-0.1, -0.05) is 29.8 Å². The first-order valence-corrected chi connectivity index (χ1v) is 12.6. The average Bonchev–Trinajstić information content (AvgIpc) is 3.35. The maximum Gasteiger partial charge on any atom is 0.208 e. The SMILES string of the molecule is CS(=O)(=O)N[C@H]1CC[C@@]2(Cc3cc(ccc3F)-c3cccc(Cl)c3OCc3coc2n3)C1. The summed E-state index contributed by atoms with van der Waals surface area (Å²) in [5.41, 5.74) is 2.03. The number of ether oxygens (including phenoxy) is 1. The number of sulfonamides is 1. The van der Waals surface area contributed by atoms with E-state index in [0.29, 0.717) is 53.6 Å². The van der Waals surface area contributed by atoms with Crippen LogP contribution < -0.4 is 9.46 Å². The predicted molar refractivity (Wildman–Crippen MR) is 119 cm³/mol. The van der Waals surface area contributed by atoms with Crippen molar-refractivity contribution < 1.29 is 22.0 Å². The number of nitrogens with one attached hydrogen (secondary N) is 1. The average molecular weight is 477 g/mol. The van der Waals surface area contributed by atoms with Gasteiger partial charge in [-0.2, -0.15) is 0 Å². The molecule has 2 atom stereocenters. The Morgan fingerprint density at radius 3 is 2.94 bits per heavy atom. The van der Waals surface area contributed by atoms with E-state index in [1.165, 1.54) is 12.3 Å². The van der Waals surface area contributed by atoms with Crippen LogP contribution in [0.5, 0.6) is 5.75 Å². The van der Waals surface area contributed by atoms with E-state index >= 15 is 0 Å². The normalized spacial score (nSPS) is 22.7. The van der Waals surface area contributed by atoms with E-state index in [1.807, 2.05) is 12.1 Å². The lowest BCUT2D eigenvalue weighted by molar-refractivity contribution is 0.302. The fraction of sp³-hybridized carbons (Fsp3) is 0.348. The van der Waals surface area contributed by atoms with Crippen molar-refractivity contribution in [2.45, 2.75) is 43.7 Å². The first kappa shape index (κ1) is 21.4. The molecule has 2 heterocycles. The molecular weight excluding hydrogens is 455 g/mol. The van der Waals surface area contributed by atoms with Crippen molar-refractivity contribution in [2.75, 3.05) is 6.26 Å². The molecule has 5 rings (SSSR count). The zero-order valence-corrected chi connectivity index (χ0v) is 19.0. The van der Waals surface area contributed by atoms with Crippen molar-refractivity contribution in [3.8, 4) is 16.9 Å². The van der Waals surface area contributed by atoms with Crippen molar-refractivity contribution in [3.63, 3.8) is 0 Å². The van der Waals surface area contributed by atoms with Gasteiger partial charge in [0.05, 0.1) is 16.7 Å². The predicted octanol–water partition coefficient (Wildman–Crippen LogP) is 4.61. The summed E-state index contributed by atoms with van der Waals surface area (Å²) in [6.45, 7) is 0.162. The largest absolute Gasteiger partial charge is 0.485 e. The molecule has 9 heteroatoms. The fourth-order valence-corrected chi connectivity index (χ4v) is 5.88. The highest BCUT2D eigenvalue weighted by Crippen LogP contribution is 2.45. The number of hydrogen-bond donors (Lipinski definition) is 1. The second kappa shape index (κ2) is 7.86. The molecule has 1 saturated carbocycles. The second-order valence-corrected chi connectivity index (χ2v) is 10.8. The van der Waals surface area contributed by atoms with Crippen LogP contribution in [-0.2, 0) is 28.5 Å². The number of halogens is 2. The molecular formula is C23H22ClFN2O4S. The van der Waals surface area contributed by atoms with Gasteiger partial charge in [0.15, 0.2) is 0 Å². The highest BCUT2D eigenvalue weighted by molar-refractivity contribution is 7.88. The van der Waals surface area contributed by atoms with Crippen LogP contribution in [0, 0.1) is 5.82 Å². The molecule has 1 aromatic heterocycles. The minimum Gasteiger partial charge on any atom is -0.485 e. The van der Waals surface area contributed by atoms with Gasteiger partial charge in [0, 0.05) is 11.6 Å². The van der Waals surface area contributed by atoms with E-state index in [4.69, 9.17) is 20.8 Å². The van der Waals surface area contributed by atoms with Crippen LogP contribution in [0.15, 0.2) is 47.1 Å². The molecule has 3 aromatic rings. The lowest BCUT2D eigenvalue weighted by Crippen LogP contribution is -2.35. The zero-order chi connectivity index (χ0) is 22.5. The van der Waals surface area contributed by atoms with Gasteiger partial charge in [-0.25, -0.2) is 22.5 Å². The Balaban J connectivity index is 1.63. The molecule has 0 saturated heterocycles. The zero-order valence-electron chi connectivity index (χ0n) is 17.4. The van der Waals surface area contributed by atoms with Crippen molar-refractivity contribution >= 4 is 21.6 Å². The molecule has 1 N–H and O–H groups in total. The number of hydrogen-bond acceptors (Lipinski definition) is 5. The van der Waals surface area contributed by atoms with Crippen LogP contribution in [0.3, 0.4) is 0 Å². The third-order valence-corrected chi connectivity index (χ3v) is 7.27. The molecule has 0 amide bonds. The molecule has 0 radical (unpaired) electrons. The van der Waals surface area contributed by atoms with Gasteiger partial charge in [-0.05, 0) is 55.0 Å². The van der Waals surface area contributed by atoms with Gasteiger partial charge in [-0.15, -0.1) is 0 Å². The summed E-state index contributed by atoms with van der Waals surface area (Å²) in [4.78, 5) is 4.65. The topological polar surface area (TPSA) is 81.4 Å². The van der Waals surface area contributed by atoms with E-state index in [0.717, 1.165) is 17.4 Å². The van der Waals surface area contributed by atoms with Crippen LogP contribution in [0.2, 0.25) is 5.02 Å². The van der Waals surface area contributed by atoms with Gasteiger partial charge in [0.2, 0.25) is 15.9 Å². The molecule has 2 aromatic carbocycles. The Labute approximate surface area is 190 Å². The second-order valence-electron chi connectivity index (χ2n) is 8.64. The summed E-state index contributed by atoms with van der Waals surface area (Å²) in [7, 11) is -3.37. The van der Waals surface area contributed by atoms with E-state index in [2.05, 4.69) is 9.71 Å². The van der Waals surface area contributed by atoms with Crippen molar-refractivity contribution in [1.29, 1.82) is 0 Å². The van der Waals surface area contributed by atoms with Crippen LogP contribution in [0.25, 0.3) is 11.1 Å². The van der Waals surface area contributed by atoms with Gasteiger partial charge >= 0.3 is 0 Å². The Hall–Kier alpha value is -2.42. The molecule has 32 heavy (non-hydrogen) atoms. The molecule has 1 aliphatic carbocycles. The quantitative estimate of drug-likeness (QED) is 0.584. The lowest BCUT2D eigenvalue weighted by Gasteiger charge is -2.27. The highest BCUT2D eigenvalue weighted by atomic mass is 35.5. The number of fused-ring (bicyclic) bond motifs is 7. The van der Waals surface area contributed by atoms with Gasteiger partial charge in [-0.3, -0.25) is 0 Å². The number of oxazole rings is 1. The van der Waals surface area contributed by atoms with Crippen LogP contribution >= 0.6 is 11.6 Å². The maximum atomic E-state index is 15.0. The van der Waals surface area contributed by atoms with Crippen LogP contribution in [0.1, 0.15) is 36.4 Å². The minimum atomic E-state index is -3.37. The van der Waals surface area contributed by atoms with Crippen LogP contribution in [0.4, 0.5) is 4.39 Å². The molecule has 1 fully saturated rings. The maximum absolute atomic E-state index is 15.0. The Morgan fingerprint density at radius 2 is 2.12 bits per heavy atom. The first-order chi connectivity index (χ1) is 15.2. The van der Waals surface area contributed by atoms with Crippen LogP contribution in [-0.4, -0.2) is 25.7 Å². The molecule has 4 bridgehead atoms. The van der Waals surface area contributed by atoms with Gasteiger partial charge in [0.1, 0.15) is 30.1 Å². The molecule has 1 spiro atoms. The number of nitrogens with zero attached hydrogens (tertiary/aromatic N) is 1. The van der Waals surface area contributed by atoms with Crippen molar-refractivity contribution in [1.82, 2.24) is 9.71 Å². The summed E-state index contributed by atoms with van der Waals surface area (Å²) in [6, 6.07) is 10.1. The molecule has 1 aliphatic heterocycles. The standard InChI is InChI=1S/C23H22ClFN2O4S/c1-32(28,29)27-16-7-8-23(11-16)10-15-9-14(5-6-20(15)25)18-3-2-4-19(24)21(18)30-12-17-13-31-22(23)26-17/h2-6,9,13,16,27H,7-8,10-12H2,1H3/t16-,23+/m0/s1. The molecule has 0 unspecified atom stereocenters. The number of rotatable bonds is 2. The summed E-state index contributed by atoms with van der Waals surface area (Å²) < 4.78 is 53.1. The van der Waals surface area contributed by atoms with E-state index in [9.17, 15) is 12.8 Å². The Bertz CT molecular complexity index is 1290. The van der Waals surface area contributed by atoms with E-state index in [1.54, 1.807) is 18.2 Å². The van der Waals surface area contributed by atoms with Gasteiger partial charge < -0.3 is 9.15 Å². The number of aromatic nitrogens is 1. The molecule has 6 nitrogen and oxygen atoms in total. The van der Waals surface area contributed by atoms with Gasteiger partial charge in [0.25, 0.3) is 0 Å². The van der Waals surface area contributed by atoms with Crippen molar-refractivity contribution in [2.24, 2.45) is 0 Å². The number of para-hydroxylation sites is 1. The summed E-state index contributed by atoms with van der Waals surface area (Å²) in [6.07, 6.45) is 4.71. The monoisotopic (exact) mass is 476 g/mol. The summed E-state index contributed by atoms with van der Waals surface area (Å²) >= 11 is 6.40. The van der Waals surface area contributed by atoms with E-state index < -0.39 is 15.4 Å². The Morgan fingerprint density at radius 1 is 1.28 bits per heavy atom. The smallest absolute Gasteiger partial charge is 0.208 e. The highest BCUT2D eigenvalue weighted by Gasteiger charge is 2.45. The third kappa shape index (κ3) is 4.02. The lowest BCUT2D eigenvalue weighted by atomic mass is 9.79. The molecule has 2 aliphatic rings. The first-order valence-electron chi connectivity index (χ1n) is 10.3. The summed E-state index contributed by atoms with van der Waals surface area (Å²) in [5.74, 6) is 0.643. The molecule has 168 valence electrons. The fourth-order valence-electron chi connectivity index (χ4n) is 4.85. The van der Waals surface area contributed by atoms with Crippen molar-refractivity contribution in [3.05, 3.63) is 70.6 Å². The summed E-state index contributed by atoms with van der Waals surface area (Å²) in [5, 5.41) is 0.455. The minimum absolute atomic E-state index is 0.162. The Kier molecular flexibility index (Phi) is 5.27. The third-order valence-electron chi connectivity index (χ3n) is 6.21.